The van der Waals surface area contributed by atoms with Crippen LogP contribution in [0.2, 0.25) is 0 Å². The van der Waals surface area contributed by atoms with E-state index in [1.807, 2.05) is 0 Å². The molecule has 86 valence electrons. The summed E-state index contributed by atoms with van der Waals surface area (Å²) in [5.74, 6) is -0.306. The van der Waals surface area contributed by atoms with Crippen molar-refractivity contribution in [2.75, 3.05) is 13.6 Å². The number of nitrogens with zero attached hydrogens (tertiary/aromatic N) is 1. The summed E-state index contributed by atoms with van der Waals surface area (Å²) in [7, 11) is 1.72. The number of carbonyl (C=O) groups is 1. The van der Waals surface area contributed by atoms with Crippen LogP contribution in [-0.2, 0) is 4.79 Å². The maximum atomic E-state index is 13.6. The van der Waals surface area contributed by atoms with Gasteiger partial charge in [0.1, 0.15) is 0 Å². The minimum Gasteiger partial charge on any atom is -0.477 e. The Hall–Kier alpha value is -1.58. The molecule has 1 fully saturated rings. The highest BCUT2D eigenvalue weighted by molar-refractivity contribution is 5.83. The van der Waals surface area contributed by atoms with Crippen LogP contribution in [0.25, 0.3) is 0 Å². The monoisotopic (exact) mass is 223 g/mol. The number of benzene rings is 1. The molecule has 0 aliphatic carbocycles. The first-order chi connectivity index (χ1) is 7.59. The fourth-order valence-corrected chi connectivity index (χ4v) is 1.76. The van der Waals surface area contributed by atoms with Gasteiger partial charge < -0.3 is 9.64 Å². The Kier molecular flexibility index (Phi) is 2.81. The van der Waals surface area contributed by atoms with E-state index in [1.165, 1.54) is 0 Å². The van der Waals surface area contributed by atoms with Crippen LogP contribution in [0.1, 0.15) is 12.0 Å². The third-order valence-corrected chi connectivity index (χ3v) is 2.80. The van der Waals surface area contributed by atoms with Gasteiger partial charge >= 0.3 is 0 Å². The molecule has 0 N–H and O–H groups in total. The Morgan fingerprint density at radius 2 is 2.25 bits per heavy atom. The second kappa shape index (κ2) is 4.12. The smallest absolute Gasteiger partial charge is 0.263 e. The quantitative estimate of drug-likeness (QED) is 0.764. The standard InChI is InChI=1S/C12H14FNO2/c1-8-4-3-5-9(11(8)13)16-10-6-7-14(2)12(10)15/h3-5,10H,6-7H2,1-2H3/t10-/m0/s1. The number of hydrogen-bond acceptors (Lipinski definition) is 2. The van der Waals surface area contributed by atoms with Crippen molar-refractivity contribution in [1.29, 1.82) is 0 Å². The molecule has 1 aliphatic rings. The number of rotatable bonds is 2. The molecule has 1 atom stereocenters. The van der Waals surface area contributed by atoms with Crippen molar-refractivity contribution in [2.45, 2.75) is 19.4 Å². The number of carbonyl (C=O) groups excluding carboxylic acids is 1. The van der Waals surface area contributed by atoms with Gasteiger partial charge in [0.05, 0.1) is 0 Å². The van der Waals surface area contributed by atoms with Crippen LogP contribution < -0.4 is 4.74 Å². The summed E-state index contributed by atoms with van der Waals surface area (Å²) < 4.78 is 19.0. The second-order valence-corrected chi connectivity index (χ2v) is 4.04. The van der Waals surface area contributed by atoms with Gasteiger partial charge in [-0.1, -0.05) is 12.1 Å². The van der Waals surface area contributed by atoms with Crippen LogP contribution >= 0.6 is 0 Å². The lowest BCUT2D eigenvalue weighted by Gasteiger charge is -2.14. The third kappa shape index (κ3) is 1.87. The fourth-order valence-electron chi connectivity index (χ4n) is 1.76. The van der Waals surface area contributed by atoms with E-state index in [2.05, 4.69) is 0 Å². The van der Waals surface area contributed by atoms with Crippen LogP contribution in [0, 0.1) is 12.7 Å². The van der Waals surface area contributed by atoms with Gasteiger partial charge in [-0.3, -0.25) is 4.79 Å². The van der Waals surface area contributed by atoms with E-state index in [1.54, 1.807) is 37.1 Å². The molecule has 1 aliphatic heterocycles. The molecular formula is C12H14FNO2. The lowest BCUT2D eigenvalue weighted by atomic mass is 10.2. The SMILES string of the molecule is Cc1cccc(O[C@H]2CCN(C)C2=O)c1F. The first kappa shape index (κ1) is 10.9. The van der Waals surface area contributed by atoms with E-state index in [9.17, 15) is 9.18 Å². The van der Waals surface area contributed by atoms with E-state index in [0.29, 0.717) is 18.5 Å². The van der Waals surface area contributed by atoms with Crippen molar-refractivity contribution in [2.24, 2.45) is 0 Å². The third-order valence-electron chi connectivity index (χ3n) is 2.80. The maximum Gasteiger partial charge on any atom is 0.263 e. The van der Waals surface area contributed by atoms with Gasteiger partial charge in [-0.25, -0.2) is 4.39 Å². The Morgan fingerprint density at radius 3 is 2.88 bits per heavy atom. The predicted octanol–water partition coefficient (Wildman–Crippen LogP) is 1.74. The van der Waals surface area contributed by atoms with E-state index in [0.717, 1.165) is 0 Å². The molecule has 2 rings (SSSR count). The zero-order valence-corrected chi connectivity index (χ0v) is 9.37. The Labute approximate surface area is 93.8 Å². The van der Waals surface area contributed by atoms with Gasteiger partial charge in [0.25, 0.3) is 5.91 Å². The highest BCUT2D eigenvalue weighted by atomic mass is 19.1. The number of halogens is 1. The Morgan fingerprint density at radius 1 is 1.50 bits per heavy atom. The minimum absolute atomic E-state index is 0.0825. The van der Waals surface area contributed by atoms with E-state index in [-0.39, 0.29) is 17.5 Å². The van der Waals surface area contributed by atoms with Crippen LogP contribution in [0.15, 0.2) is 18.2 Å². The summed E-state index contributed by atoms with van der Waals surface area (Å²) in [5, 5.41) is 0. The summed E-state index contributed by atoms with van der Waals surface area (Å²) >= 11 is 0. The highest BCUT2D eigenvalue weighted by Crippen LogP contribution is 2.23. The van der Waals surface area contributed by atoms with Crippen LogP contribution in [-0.4, -0.2) is 30.5 Å². The lowest BCUT2D eigenvalue weighted by Crippen LogP contribution is -2.29. The zero-order chi connectivity index (χ0) is 11.7. The normalized spacial score (nSPS) is 20.3. The minimum atomic E-state index is -0.540. The number of likely N-dealkylation sites (N-methyl/N-ethyl adjacent to an activating group) is 1. The second-order valence-electron chi connectivity index (χ2n) is 4.04. The van der Waals surface area contributed by atoms with Crippen molar-refractivity contribution < 1.29 is 13.9 Å². The van der Waals surface area contributed by atoms with Gasteiger partial charge in [0, 0.05) is 20.0 Å². The molecule has 0 aromatic heterocycles. The van der Waals surface area contributed by atoms with Crippen molar-refractivity contribution in [3.05, 3.63) is 29.6 Å². The van der Waals surface area contributed by atoms with Gasteiger partial charge in [0.2, 0.25) is 0 Å². The maximum absolute atomic E-state index is 13.6. The van der Waals surface area contributed by atoms with Gasteiger partial charge in [0.15, 0.2) is 17.7 Å². The average molecular weight is 223 g/mol. The fraction of sp³-hybridized carbons (Fsp3) is 0.417. The molecule has 1 heterocycles. The van der Waals surface area contributed by atoms with Crippen LogP contribution in [0.3, 0.4) is 0 Å². The summed E-state index contributed by atoms with van der Waals surface area (Å²) in [4.78, 5) is 13.2. The lowest BCUT2D eigenvalue weighted by molar-refractivity contribution is -0.132. The number of aryl methyl sites for hydroxylation is 1. The van der Waals surface area contributed by atoms with Crippen molar-refractivity contribution in [3.63, 3.8) is 0 Å². The molecule has 0 spiro atoms. The van der Waals surface area contributed by atoms with Crippen molar-refractivity contribution >= 4 is 5.91 Å². The summed E-state index contributed by atoms with van der Waals surface area (Å²) in [5.41, 5.74) is 0.524. The summed E-state index contributed by atoms with van der Waals surface area (Å²) in [6.07, 6.45) is 0.0733. The van der Waals surface area contributed by atoms with E-state index < -0.39 is 6.10 Å². The van der Waals surface area contributed by atoms with Crippen LogP contribution in [0.4, 0.5) is 4.39 Å². The van der Waals surface area contributed by atoms with Gasteiger partial charge in [-0.05, 0) is 18.6 Å². The average Bonchev–Trinajstić information content (AvgIpc) is 2.57. The number of likely N-dealkylation sites (tertiary alicyclic amines) is 1. The zero-order valence-electron chi connectivity index (χ0n) is 9.37. The van der Waals surface area contributed by atoms with Gasteiger partial charge in [-0.15, -0.1) is 0 Å². The first-order valence-electron chi connectivity index (χ1n) is 5.26. The summed E-state index contributed by atoms with van der Waals surface area (Å²) in [6.45, 7) is 2.34. The highest BCUT2D eigenvalue weighted by Gasteiger charge is 2.31. The molecule has 1 aromatic carbocycles. The number of hydrogen-bond donors (Lipinski definition) is 0. The molecule has 1 amide bonds. The van der Waals surface area contributed by atoms with E-state index in [4.69, 9.17) is 4.74 Å². The van der Waals surface area contributed by atoms with Crippen molar-refractivity contribution in [3.8, 4) is 5.75 Å². The molecule has 3 nitrogen and oxygen atoms in total. The molecule has 4 heteroatoms. The molecule has 0 unspecified atom stereocenters. The Balaban J connectivity index is 2.16. The largest absolute Gasteiger partial charge is 0.477 e. The predicted molar refractivity (Wildman–Crippen MR) is 57.8 cm³/mol. The first-order valence-corrected chi connectivity index (χ1v) is 5.26. The summed E-state index contributed by atoms with van der Waals surface area (Å²) in [6, 6.07) is 4.94. The molecule has 1 aromatic rings. The number of amides is 1. The number of ether oxygens (including phenoxy) is 1. The molecule has 1 saturated heterocycles. The molecule has 0 radical (unpaired) electrons. The molecule has 0 saturated carbocycles. The molecule has 16 heavy (non-hydrogen) atoms. The Bertz CT molecular complexity index is 419. The topological polar surface area (TPSA) is 29.5 Å². The van der Waals surface area contributed by atoms with Gasteiger partial charge in [-0.2, -0.15) is 0 Å². The van der Waals surface area contributed by atoms with E-state index >= 15 is 0 Å². The molecular weight excluding hydrogens is 209 g/mol. The van der Waals surface area contributed by atoms with Crippen molar-refractivity contribution in [1.82, 2.24) is 4.90 Å². The van der Waals surface area contributed by atoms with Crippen LogP contribution in [0.5, 0.6) is 5.75 Å². The molecule has 0 bridgehead atoms.